The number of fused-ring (bicyclic) bond motifs is 1. The van der Waals surface area contributed by atoms with Crippen LogP contribution in [0.15, 0.2) is 29.3 Å². The average Bonchev–Trinajstić information content (AvgIpc) is 2.83. The molecule has 2 rings (SSSR count). The quantitative estimate of drug-likeness (QED) is 0.461. The highest BCUT2D eigenvalue weighted by molar-refractivity contribution is 14.0. The second-order valence-corrected chi connectivity index (χ2v) is 4.10. The Morgan fingerprint density at radius 3 is 2.84 bits per heavy atom. The summed E-state index contributed by atoms with van der Waals surface area (Å²) in [7, 11) is 3.35. The molecule has 1 aliphatic heterocycles. The maximum absolute atomic E-state index is 11.2. The van der Waals surface area contributed by atoms with Crippen LogP contribution in [0.1, 0.15) is 5.56 Å². The molecule has 0 spiro atoms. The molecule has 0 atom stereocenters. The van der Waals surface area contributed by atoms with E-state index in [1.54, 1.807) is 14.1 Å². The molecule has 0 radical (unpaired) electrons. The summed E-state index contributed by atoms with van der Waals surface area (Å²) in [4.78, 5) is 17.6. The van der Waals surface area contributed by atoms with E-state index in [1.807, 2.05) is 12.1 Å². The van der Waals surface area contributed by atoms with Gasteiger partial charge in [0.05, 0.1) is 6.54 Å². The van der Waals surface area contributed by atoms with Crippen molar-refractivity contribution in [3.63, 3.8) is 0 Å². The zero-order chi connectivity index (χ0) is 13.0. The number of anilines is 1. The largest absolute Gasteiger partial charge is 0.358 e. The number of carbonyl (C=O) groups excluding carboxylic acids is 1. The van der Waals surface area contributed by atoms with Gasteiger partial charge in [0.1, 0.15) is 0 Å². The van der Waals surface area contributed by atoms with Gasteiger partial charge in [0.2, 0.25) is 5.91 Å². The van der Waals surface area contributed by atoms with Crippen LogP contribution in [-0.2, 0) is 11.2 Å². The van der Waals surface area contributed by atoms with Crippen LogP contribution in [0.4, 0.5) is 5.69 Å². The molecular formula is C13H19IN4O. The van der Waals surface area contributed by atoms with E-state index in [0.29, 0.717) is 0 Å². The Morgan fingerprint density at radius 2 is 2.16 bits per heavy atom. The lowest BCUT2D eigenvalue weighted by Gasteiger charge is -2.21. The number of likely N-dealkylation sites (N-methyl/N-ethyl adjacent to an activating group) is 1. The fourth-order valence-electron chi connectivity index (χ4n) is 2.10. The average molecular weight is 374 g/mol. The number of amides is 1. The third-order valence-electron chi connectivity index (χ3n) is 3.04. The molecule has 0 bridgehead atoms. The molecule has 104 valence electrons. The number of guanidine groups is 1. The van der Waals surface area contributed by atoms with Gasteiger partial charge in [0, 0.05) is 26.3 Å². The van der Waals surface area contributed by atoms with Crippen molar-refractivity contribution in [1.29, 1.82) is 0 Å². The van der Waals surface area contributed by atoms with Crippen LogP contribution >= 0.6 is 24.0 Å². The fourth-order valence-corrected chi connectivity index (χ4v) is 2.10. The lowest BCUT2D eigenvalue weighted by atomic mass is 10.2. The van der Waals surface area contributed by atoms with Crippen molar-refractivity contribution in [2.75, 3.05) is 32.1 Å². The van der Waals surface area contributed by atoms with Gasteiger partial charge in [-0.15, -0.1) is 24.0 Å². The first-order valence-electron chi connectivity index (χ1n) is 6.03. The summed E-state index contributed by atoms with van der Waals surface area (Å²) in [6.45, 7) is 1.13. The predicted molar refractivity (Wildman–Crippen MR) is 88.3 cm³/mol. The first-order valence-corrected chi connectivity index (χ1v) is 6.03. The van der Waals surface area contributed by atoms with Gasteiger partial charge in [0.15, 0.2) is 5.96 Å². The molecule has 2 N–H and O–H groups in total. The predicted octanol–water partition coefficient (Wildman–Crippen LogP) is 0.989. The van der Waals surface area contributed by atoms with Crippen LogP contribution < -0.4 is 15.5 Å². The van der Waals surface area contributed by atoms with E-state index >= 15 is 0 Å². The third kappa shape index (κ3) is 3.59. The number of nitrogens with one attached hydrogen (secondary N) is 2. The molecule has 0 fully saturated rings. The number of hydrogen-bond acceptors (Lipinski definition) is 2. The minimum Gasteiger partial charge on any atom is -0.358 e. The topological polar surface area (TPSA) is 56.7 Å². The molecule has 0 saturated carbocycles. The number of benzene rings is 1. The summed E-state index contributed by atoms with van der Waals surface area (Å²) in [5.74, 6) is 0.687. The summed E-state index contributed by atoms with van der Waals surface area (Å²) in [6.07, 6.45) is 1.01. The van der Waals surface area contributed by atoms with Gasteiger partial charge in [-0.2, -0.15) is 0 Å². The summed E-state index contributed by atoms with van der Waals surface area (Å²) >= 11 is 0. The molecule has 19 heavy (non-hydrogen) atoms. The van der Waals surface area contributed by atoms with E-state index in [1.165, 1.54) is 11.3 Å². The molecule has 0 unspecified atom stereocenters. The van der Waals surface area contributed by atoms with Gasteiger partial charge < -0.3 is 15.5 Å². The maximum Gasteiger partial charge on any atom is 0.239 e. The van der Waals surface area contributed by atoms with Gasteiger partial charge in [-0.3, -0.25) is 9.79 Å². The van der Waals surface area contributed by atoms with Crippen molar-refractivity contribution in [2.45, 2.75) is 6.42 Å². The van der Waals surface area contributed by atoms with Crippen molar-refractivity contribution in [1.82, 2.24) is 10.6 Å². The zero-order valence-electron chi connectivity index (χ0n) is 11.1. The van der Waals surface area contributed by atoms with Gasteiger partial charge in [-0.05, 0) is 18.1 Å². The first kappa shape index (κ1) is 15.7. The van der Waals surface area contributed by atoms with Gasteiger partial charge >= 0.3 is 0 Å². The summed E-state index contributed by atoms with van der Waals surface area (Å²) in [5, 5.41) is 5.65. The monoisotopic (exact) mass is 374 g/mol. The summed E-state index contributed by atoms with van der Waals surface area (Å²) < 4.78 is 0. The Morgan fingerprint density at radius 1 is 1.42 bits per heavy atom. The number of nitrogens with zero attached hydrogens (tertiary/aromatic N) is 2. The molecule has 0 aromatic heterocycles. The molecule has 5 nitrogen and oxygen atoms in total. The van der Waals surface area contributed by atoms with Gasteiger partial charge in [-0.1, -0.05) is 18.2 Å². The minimum absolute atomic E-state index is 0. The van der Waals surface area contributed by atoms with E-state index in [-0.39, 0.29) is 36.4 Å². The molecule has 1 aliphatic rings. The molecule has 1 aromatic carbocycles. The van der Waals surface area contributed by atoms with Crippen molar-refractivity contribution in [3.05, 3.63) is 29.8 Å². The van der Waals surface area contributed by atoms with Crippen LogP contribution in [0.25, 0.3) is 0 Å². The van der Waals surface area contributed by atoms with Crippen LogP contribution in [0, 0.1) is 0 Å². The smallest absolute Gasteiger partial charge is 0.239 e. The Kier molecular flexibility index (Phi) is 6.07. The minimum atomic E-state index is -0.0522. The Labute approximate surface area is 130 Å². The van der Waals surface area contributed by atoms with E-state index in [0.717, 1.165) is 18.9 Å². The Balaban J connectivity index is 0.00000180. The van der Waals surface area contributed by atoms with E-state index < -0.39 is 0 Å². The number of hydrogen-bond donors (Lipinski definition) is 2. The summed E-state index contributed by atoms with van der Waals surface area (Å²) in [5.41, 5.74) is 2.49. The molecule has 0 saturated heterocycles. The van der Waals surface area contributed by atoms with Crippen LogP contribution in [0.3, 0.4) is 0 Å². The third-order valence-corrected chi connectivity index (χ3v) is 3.04. The van der Waals surface area contributed by atoms with Crippen molar-refractivity contribution < 1.29 is 4.79 Å². The van der Waals surface area contributed by atoms with Crippen LogP contribution in [0.5, 0.6) is 0 Å². The normalized spacial score (nSPS) is 13.6. The van der Waals surface area contributed by atoms with Crippen LogP contribution in [-0.4, -0.2) is 39.1 Å². The number of halogens is 1. The lowest BCUT2D eigenvalue weighted by Crippen LogP contribution is -2.44. The molecule has 1 amide bonds. The van der Waals surface area contributed by atoms with E-state index in [4.69, 9.17) is 0 Å². The number of carbonyl (C=O) groups is 1. The second kappa shape index (κ2) is 7.32. The maximum atomic E-state index is 11.2. The zero-order valence-corrected chi connectivity index (χ0v) is 13.5. The lowest BCUT2D eigenvalue weighted by molar-refractivity contribution is -0.119. The molecule has 0 aliphatic carbocycles. The highest BCUT2D eigenvalue weighted by Crippen LogP contribution is 2.27. The summed E-state index contributed by atoms with van der Waals surface area (Å²) in [6, 6.07) is 8.27. The van der Waals surface area contributed by atoms with Gasteiger partial charge in [-0.25, -0.2) is 0 Å². The van der Waals surface area contributed by atoms with E-state index in [9.17, 15) is 4.79 Å². The molecular weight excluding hydrogens is 355 g/mol. The van der Waals surface area contributed by atoms with Crippen LogP contribution in [0.2, 0.25) is 0 Å². The fraction of sp³-hybridized carbons (Fsp3) is 0.385. The number of aliphatic imine (C=N–C) groups is 1. The number of rotatable bonds is 2. The SMILES string of the molecule is CN=C(NCC(=O)NC)N1CCc2ccccc21.I. The van der Waals surface area contributed by atoms with Gasteiger partial charge in [0.25, 0.3) is 0 Å². The highest BCUT2D eigenvalue weighted by Gasteiger charge is 2.22. The number of para-hydroxylation sites is 1. The Bertz CT molecular complexity index is 475. The van der Waals surface area contributed by atoms with Crippen molar-refractivity contribution in [3.8, 4) is 0 Å². The molecule has 6 heteroatoms. The second-order valence-electron chi connectivity index (χ2n) is 4.10. The molecule has 1 aromatic rings. The Hall–Kier alpha value is -1.31. The van der Waals surface area contributed by atoms with Crippen molar-refractivity contribution in [2.24, 2.45) is 4.99 Å². The van der Waals surface area contributed by atoms with Crippen molar-refractivity contribution >= 4 is 41.5 Å². The standard InChI is InChI=1S/C13H18N4O.HI/c1-14-12(18)9-16-13(15-2)17-8-7-10-5-3-4-6-11(10)17;/h3-6H,7-9H2,1-2H3,(H,14,18)(H,15,16);1H. The molecule has 1 heterocycles. The van der Waals surface area contributed by atoms with E-state index in [2.05, 4.69) is 32.7 Å². The first-order chi connectivity index (χ1) is 8.76. The highest BCUT2D eigenvalue weighted by atomic mass is 127.